The summed E-state index contributed by atoms with van der Waals surface area (Å²) >= 11 is 0. The molecule has 1 heterocycles. The van der Waals surface area contributed by atoms with Gasteiger partial charge in [-0.25, -0.2) is 9.97 Å². The SMILES string of the molecule is Cc1ccc(Nc2nccc(C(=O)Nc3cccc(C(F)(F)F)c3)n2)c(C)c1. The van der Waals surface area contributed by atoms with Crippen molar-refractivity contribution in [1.82, 2.24) is 9.97 Å². The molecule has 0 spiro atoms. The molecule has 0 unspecified atom stereocenters. The van der Waals surface area contributed by atoms with Crippen LogP contribution in [-0.2, 0) is 6.18 Å². The normalized spacial score (nSPS) is 11.2. The molecular weight excluding hydrogens is 369 g/mol. The van der Waals surface area contributed by atoms with E-state index in [2.05, 4.69) is 20.6 Å². The fraction of sp³-hybridized carbons (Fsp3) is 0.150. The third-order valence-electron chi connectivity index (χ3n) is 3.96. The first-order valence-electron chi connectivity index (χ1n) is 8.38. The van der Waals surface area contributed by atoms with Crippen LogP contribution >= 0.6 is 0 Å². The van der Waals surface area contributed by atoms with Gasteiger partial charge in [-0.15, -0.1) is 0 Å². The molecule has 144 valence electrons. The Labute approximate surface area is 159 Å². The summed E-state index contributed by atoms with van der Waals surface area (Å²) in [5.41, 5.74) is 2.11. The summed E-state index contributed by atoms with van der Waals surface area (Å²) in [6.07, 6.45) is -3.08. The molecule has 5 nitrogen and oxygen atoms in total. The van der Waals surface area contributed by atoms with Crippen molar-refractivity contribution in [3.8, 4) is 0 Å². The van der Waals surface area contributed by atoms with Crippen molar-refractivity contribution in [3.05, 3.63) is 77.1 Å². The maximum absolute atomic E-state index is 12.8. The summed E-state index contributed by atoms with van der Waals surface area (Å²) in [7, 11) is 0. The fourth-order valence-electron chi connectivity index (χ4n) is 2.59. The molecule has 0 bridgehead atoms. The quantitative estimate of drug-likeness (QED) is 0.654. The largest absolute Gasteiger partial charge is 0.416 e. The lowest BCUT2D eigenvalue weighted by Gasteiger charge is -2.11. The van der Waals surface area contributed by atoms with Crippen LogP contribution in [0, 0.1) is 13.8 Å². The summed E-state index contributed by atoms with van der Waals surface area (Å²) in [6, 6.07) is 11.6. The minimum atomic E-state index is -4.49. The smallest absolute Gasteiger partial charge is 0.324 e. The second-order valence-corrected chi connectivity index (χ2v) is 6.24. The van der Waals surface area contributed by atoms with Crippen LogP contribution in [0.15, 0.2) is 54.7 Å². The van der Waals surface area contributed by atoms with E-state index in [0.717, 1.165) is 28.9 Å². The molecule has 2 N–H and O–H groups in total. The molecule has 0 aliphatic heterocycles. The van der Waals surface area contributed by atoms with Gasteiger partial charge < -0.3 is 10.6 Å². The average molecular weight is 386 g/mol. The molecule has 2 aromatic carbocycles. The predicted octanol–water partition coefficient (Wildman–Crippen LogP) is 5.11. The van der Waals surface area contributed by atoms with Crippen molar-refractivity contribution < 1.29 is 18.0 Å². The summed E-state index contributed by atoms with van der Waals surface area (Å²) in [4.78, 5) is 20.6. The number of alkyl halides is 3. The zero-order valence-corrected chi connectivity index (χ0v) is 15.1. The number of nitrogens with one attached hydrogen (secondary N) is 2. The van der Waals surface area contributed by atoms with Gasteiger partial charge in [0.25, 0.3) is 5.91 Å². The molecule has 28 heavy (non-hydrogen) atoms. The Kier molecular flexibility index (Phi) is 5.30. The van der Waals surface area contributed by atoms with Crippen LogP contribution in [0.4, 0.5) is 30.5 Å². The van der Waals surface area contributed by atoms with Crippen molar-refractivity contribution in [3.63, 3.8) is 0 Å². The molecule has 0 saturated heterocycles. The third-order valence-corrected chi connectivity index (χ3v) is 3.96. The average Bonchev–Trinajstić information content (AvgIpc) is 2.64. The number of hydrogen-bond acceptors (Lipinski definition) is 4. The highest BCUT2D eigenvalue weighted by Gasteiger charge is 2.30. The van der Waals surface area contributed by atoms with Crippen molar-refractivity contribution >= 4 is 23.2 Å². The van der Waals surface area contributed by atoms with E-state index in [1.807, 2.05) is 32.0 Å². The molecule has 1 aromatic heterocycles. The van der Waals surface area contributed by atoms with Gasteiger partial charge in [0.05, 0.1) is 5.56 Å². The van der Waals surface area contributed by atoms with Crippen molar-refractivity contribution in [2.24, 2.45) is 0 Å². The van der Waals surface area contributed by atoms with Gasteiger partial charge in [-0.05, 0) is 49.7 Å². The molecule has 8 heteroatoms. The number of hydrogen-bond donors (Lipinski definition) is 2. The number of aryl methyl sites for hydroxylation is 2. The van der Waals surface area contributed by atoms with E-state index in [1.165, 1.54) is 24.4 Å². The Morgan fingerprint density at radius 3 is 2.54 bits per heavy atom. The number of aromatic nitrogens is 2. The van der Waals surface area contributed by atoms with E-state index >= 15 is 0 Å². The Bertz CT molecular complexity index is 1020. The van der Waals surface area contributed by atoms with Gasteiger partial charge >= 0.3 is 6.18 Å². The zero-order chi connectivity index (χ0) is 20.3. The Morgan fingerprint density at radius 2 is 1.82 bits per heavy atom. The van der Waals surface area contributed by atoms with E-state index < -0.39 is 17.6 Å². The first kappa shape index (κ1) is 19.3. The van der Waals surface area contributed by atoms with Crippen LogP contribution in [-0.4, -0.2) is 15.9 Å². The molecule has 3 aromatic rings. The first-order valence-corrected chi connectivity index (χ1v) is 8.38. The molecule has 0 aliphatic carbocycles. The number of amides is 1. The van der Waals surface area contributed by atoms with Gasteiger partial charge in [-0.1, -0.05) is 23.8 Å². The summed E-state index contributed by atoms with van der Waals surface area (Å²) in [5, 5.41) is 5.46. The Hall–Kier alpha value is -3.42. The fourth-order valence-corrected chi connectivity index (χ4v) is 2.59. The second kappa shape index (κ2) is 7.67. The van der Waals surface area contributed by atoms with E-state index in [-0.39, 0.29) is 17.3 Å². The van der Waals surface area contributed by atoms with Crippen molar-refractivity contribution in [2.45, 2.75) is 20.0 Å². The lowest BCUT2D eigenvalue weighted by Crippen LogP contribution is -2.15. The highest BCUT2D eigenvalue weighted by Crippen LogP contribution is 2.30. The van der Waals surface area contributed by atoms with Crippen LogP contribution in [0.1, 0.15) is 27.2 Å². The number of carbonyl (C=O) groups excluding carboxylic acids is 1. The molecular formula is C20H17F3N4O. The summed E-state index contributed by atoms with van der Waals surface area (Å²) in [5.74, 6) is -0.422. The number of carbonyl (C=O) groups is 1. The summed E-state index contributed by atoms with van der Waals surface area (Å²) in [6.45, 7) is 3.91. The van der Waals surface area contributed by atoms with E-state index in [0.29, 0.717) is 0 Å². The molecule has 0 fully saturated rings. The maximum Gasteiger partial charge on any atom is 0.416 e. The van der Waals surface area contributed by atoms with Crippen molar-refractivity contribution in [2.75, 3.05) is 10.6 Å². The van der Waals surface area contributed by atoms with Gasteiger partial charge in [0.1, 0.15) is 5.69 Å². The van der Waals surface area contributed by atoms with E-state index in [9.17, 15) is 18.0 Å². The van der Waals surface area contributed by atoms with E-state index in [1.54, 1.807) is 0 Å². The minimum Gasteiger partial charge on any atom is -0.324 e. The highest BCUT2D eigenvalue weighted by atomic mass is 19.4. The summed E-state index contributed by atoms with van der Waals surface area (Å²) < 4.78 is 38.4. The number of rotatable bonds is 4. The van der Waals surface area contributed by atoms with Crippen LogP contribution in [0.3, 0.4) is 0 Å². The second-order valence-electron chi connectivity index (χ2n) is 6.24. The van der Waals surface area contributed by atoms with E-state index in [4.69, 9.17) is 0 Å². The predicted molar refractivity (Wildman–Crippen MR) is 101 cm³/mol. The topological polar surface area (TPSA) is 66.9 Å². The van der Waals surface area contributed by atoms with Crippen molar-refractivity contribution in [1.29, 1.82) is 0 Å². The highest BCUT2D eigenvalue weighted by molar-refractivity contribution is 6.03. The zero-order valence-electron chi connectivity index (χ0n) is 15.1. The monoisotopic (exact) mass is 386 g/mol. The number of halogens is 3. The number of anilines is 3. The standard InChI is InChI=1S/C20H17F3N4O/c1-12-6-7-16(13(2)10-12)26-19-24-9-8-17(27-19)18(28)25-15-5-3-4-14(11-15)20(21,22)23/h3-11H,1-2H3,(H,25,28)(H,24,26,27). The molecule has 1 amide bonds. The third kappa shape index (κ3) is 4.64. The maximum atomic E-state index is 12.8. The molecule has 0 aliphatic rings. The lowest BCUT2D eigenvalue weighted by atomic mass is 10.1. The van der Waals surface area contributed by atoms with Gasteiger partial charge in [-0.2, -0.15) is 13.2 Å². The van der Waals surface area contributed by atoms with Gasteiger partial charge in [0.15, 0.2) is 0 Å². The van der Waals surface area contributed by atoms with Crippen LogP contribution in [0.25, 0.3) is 0 Å². The van der Waals surface area contributed by atoms with Gasteiger partial charge in [-0.3, -0.25) is 4.79 Å². The number of nitrogens with zero attached hydrogens (tertiary/aromatic N) is 2. The van der Waals surface area contributed by atoms with Crippen LogP contribution < -0.4 is 10.6 Å². The van der Waals surface area contributed by atoms with Gasteiger partial charge in [0, 0.05) is 17.6 Å². The molecule has 3 rings (SSSR count). The molecule has 0 saturated carbocycles. The molecule has 0 radical (unpaired) electrons. The Morgan fingerprint density at radius 1 is 1.04 bits per heavy atom. The lowest BCUT2D eigenvalue weighted by molar-refractivity contribution is -0.137. The van der Waals surface area contributed by atoms with Crippen LogP contribution in [0.5, 0.6) is 0 Å². The van der Waals surface area contributed by atoms with Crippen LogP contribution in [0.2, 0.25) is 0 Å². The first-order chi connectivity index (χ1) is 13.2. The Balaban J connectivity index is 1.77. The van der Waals surface area contributed by atoms with Gasteiger partial charge in [0.2, 0.25) is 5.95 Å². The number of benzene rings is 2. The minimum absolute atomic E-state index is 0.0275. The molecule has 0 atom stereocenters.